The summed E-state index contributed by atoms with van der Waals surface area (Å²) in [5.41, 5.74) is 3.76. The zero-order chi connectivity index (χ0) is 20.5. The summed E-state index contributed by atoms with van der Waals surface area (Å²) in [7, 11) is 3.88. The Balaban J connectivity index is 0.00000320. The van der Waals surface area contributed by atoms with Gasteiger partial charge in [0.1, 0.15) is 5.75 Å². The number of anilines is 1. The maximum Gasteiger partial charge on any atom is 0.193 e. The number of halogens is 1. The van der Waals surface area contributed by atoms with Crippen molar-refractivity contribution in [2.45, 2.75) is 20.0 Å². The molecule has 1 N–H and O–H groups in total. The van der Waals surface area contributed by atoms with Gasteiger partial charge in [0, 0.05) is 46.0 Å². The van der Waals surface area contributed by atoms with E-state index in [1.807, 2.05) is 26.1 Å². The van der Waals surface area contributed by atoms with Gasteiger partial charge in [-0.3, -0.25) is 4.99 Å². The summed E-state index contributed by atoms with van der Waals surface area (Å²) >= 11 is 0. The zero-order valence-electron chi connectivity index (χ0n) is 18.1. The van der Waals surface area contributed by atoms with Crippen LogP contribution in [-0.4, -0.2) is 57.9 Å². The van der Waals surface area contributed by atoms with E-state index in [2.05, 4.69) is 63.6 Å². The molecule has 0 amide bonds. The third-order valence-electron chi connectivity index (χ3n) is 5.01. The highest BCUT2D eigenvalue weighted by molar-refractivity contribution is 14.0. The molecule has 2 aromatic carbocycles. The van der Waals surface area contributed by atoms with Crippen LogP contribution in [0.15, 0.2) is 53.5 Å². The Bertz CT molecular complexity index is 792. The van der Waals surface area contributed by atoms with Crippen molar-refractivity contribution in [3.63, 3.8) is 0 Å². The number of rotatable bonds is 7. The average Bonchev–Trinajstić information content (AvgIpc) is 2.76. The molecule has 0 unspecified atom stereocenters. The Morgan fingerprint density at radius 3 is 2.50 bits per heavy atom. The molecule has 1 saturated heterocycles. The van der Waals surface area contributed by atoms with E-state index in [1.54, 1.807) is 0 Å². The standard InChI is InChI=1S/C23H32N4O2.HI/c1-4-29-21-11-9-19(10-12-21)18-26(3)23(24-2)25-17-20-7-5-6-8-22(20)27-13-15-28-16-14-27;/h5-12H,4,13-18H2,1-3H3,(H,24,25);1H. The van der Waals surface area contributed by atoms with E-state index in [0.29, 0.717) is 6.61 Å². The van der Waals surface area contributed by atoms with Crippen LogP contribution in [0.3, 0.4) is 0 Å². The molecule has 0 spiro atoms. The lowest BCUT2D eigenvalue weighted by atomic mass is 10.1. The van der Waals surface area contributed by atoms with E-state index in [9.17, 15) is 0 Å². The summed E-state index contributed by atoms with van der Waals surface area (Å²) in [6.07, 6.45) is 0. The molecule has 0 aliphatic carbocycles. The summed E-state index contributed by atoms with van der Waals surface area (Å²) < 4.78 is 11.0. The highest BCUT2D eigenvalue weighted by Crippen LogP contribution is 2.21. The molecule has 1 fully saturated rings. The number of para-hydroxylation sites is 1. The van der Waals surface area contributed by atoms with Crippen molar-refractivity contribution in [3.05, 3.63) is 59.7 Å². The van der Waals surface area contributed by atoms with Gasteiger partial charge in [-0.25, -0.2) is 0 Å². The summed E-state index contributed by atoms with van der Waals surface area (Å²) in [6.45, 7) is 7.62. The van der Waals surface area contributed by atoms with Crippen molar-refractivity contribution in [3.8, 4) is 5.75 Å². The van der Waals surface area contributed by atoms with Crippen molar-refractivity contribution in [1.82, 2.24) is 10.2 Å². The molecule has 2 aromatic rings. The fraction of sp³-hybridized carbons (Fsp3) is 0.435. The van der Waals surface area contributed by atoms with E-state index in [-0.39, 0.29) is 24.0 Å². The molecule has 0 bridgehead atoms. The lowest BCUT2D eigenvalue weighted by molar-refractivity contribution is 0.122. The van der Waals surface area contributed by atoms with Gasteiger partial charge in [0.05, 0.1) is 19.8 Å². The molecule has 0 aromatic heterocycles. The van der Waals surface area contributed by atoms with Crippen LogP contribution in [0, 0.1) is 0 Å². The number of morpholine rings is 1. The Kier molecular flexibility index (Phi) is 10.2. The van der Waals surface area contributed by atoms with Gasteiger partial charge in [0.2, 0.25) is 0 Å². The number of hydrogen-bond donors (Lipinski definition) is 1. The molecular formula is C23H33IN4O2. The molecule has 30 heavy (non-hydrogen) atoms. The Labute approximate surface area is 197 Å². The second-order valence-corrected chi connectivity index (χ2v) is 7.06. The number of nitrogens with one attached hydrogen (secondary N) is 1. The van der Waals surface area contributed by atoms with Crippen molar-refractivity contribution >= 4 is 35.6 Å². The summed E-state index contributed by atoms with van der Waals surface area (Å²) in [5, 5.41) is 3.51. The van der Waals surface area contributed by atoms with E-state index < -0.39 is 0 Å². The van der Waals surface area contributed by atoms with Crippen LogP contribution in [-0.2, 0) is 17.8 Å². The highest BCUT2D eigenvalue weighted by atomic mass is 127. The van der Waals surface area contributed by atoms with Crippen LogP contribution < -0.4 is 15.0 Å². The first-order valence-electron chi connectivity index (χ1n) is 10.3. The van der Waals surface area contributed by atoms with E-state index in [1.165, 1.54) is 16.8 Å². The zero-order valence-corrected chi connectivity index (χ0v) is 20.5. The maximum absolute atomic E-state index is 5.52. The van der Waals surface area contributed by atoms with Gasteiger partial charge in [-0.15, -0.1) is 24.0 Å². The quantitative estimate of drug-likeness (QED) is 0.340. The SMILES string of the molecule is CCOc1ccc(CN(C)C(=NC)NCc2ccccc2N2CCOCC2)cc1.I. The van der Waals surface area contributed by atoms with Crippen molar-refractivity contribution < 1.29 is 9.47 Å². The van der Waals surface area contributed by atoms with Crippen LogP contribution in [0.1, 0.15) is 18.1 Å². The number of benzene rings is 2. The van der Waals surface area contributed by atoms with Crippen LogP contribution >= 0.6 is 24.0 Å². The normalized spacial score (nSPS) is 14.1. The minimum atomic E-state index is 0. The molecule has 1 aliphatic rings. The van der Waals surface area contributed by atoms with E-state index in [4.69, 9.17) is 9.47 Å². The molecular weight excluding hydrogens is 491 g/mol. The topological polar surface area (TPSA) is 49.3 Å². The molecule has 1 aliphatic heterocycles. The molecule has 7 heteroatoms. The van der Waals surface area contributed by atoms with Gasteiger partial charge in [-0.2, -0.15) is 0 Å². The number of guanidine groups is 1. The minimum absolute atomic E-state index is 0. The summed E-state index contributed by atoms with van der Waals surface area (Å²) in [6, 6.07) is 16.8. The Morgan fingerprint density at radius 1 is 1.13 bits per heavy atom. The minimum Gasteiger partial charge on any atom is -0.494 e. The predicted molar refractivity (Wildman–Crippen MR) is 134 cm³/mol. The van der Waals surface area contributed by atoms with Gasteiger partial charge in [0.25, 0.3) is 0 Å². The third kappa shape index (κ3) is 6.77. The van der Waals surface area contributed by atoms with Gasteiger partial charge in [-0.05, 0) is 36.2 Å². The molecule has 164 valence electrons. The first-order valence-corrected chi connectivity index (χ1v) is 10.3. The van der Waals surface area contributed by atoms with Crippen LogP contribution in [0.5, 0.6) is 5.75 Å². The van der Waals surface area contributed by atoms with Gasteiger partial charge < -0.3 is 24.6 Å². The maximum atomic E-state index is 5.52. The fourth-order valence-electron chi connectivity index (χ4n) is 3.54. The third-order valence-corrected chi connectivity index (χ3v) is 5.01. The van der Waals surface area contributed by atoms with E-state index >= 15 is 0 Å². The lowest BCUT2D eigenvalue weighted by Crippen LogP contribution is -2.39. The van der Waals surface area contributed by atoms with E-state index in [0.717, 1.165) is 51.1 Å². The second kappa shape index (κ2) is 12.6. The van der Waals surface area contributed by atoms with Crippen LogP contribution in [0.4, 0.5) is 5.69 Å². The largest absolute Gasteiger partial charge is 0.494 e. The average molecular weight is 524 g/mol. The second-order valence-electron chi connectivity index (χ2n) is 7.06. The molecule has 1 heterocycles. The van der Waals surface area contributed by atoms with Gasteiger partial charge in [-0.1, -0.05) is 30.3 Å². The van der Waals surface area contributed by atoms with Gasteiger partial charge >= 0.3 is 0 Å². The number of aliphatic imine (C=N–C) groups is 1. The number of nitrogens with zero attached hydrogens (tertiary/aromatic N) is 3. The Morgan fingerprint density at radius 2 is 1.83 bits per heavy atom. The highest BCUT2D eigenvalue weighted by Gasteiger charge is 2.15. The van der Waals surface area contributed by atoms with Crippen molar-refractivity contribution in [2.75, 3.05) is 51.9 Å². The summed E-state index contributed by atoms with van der Waals surface area (Å²) in [5.74, 6) is 1.77. The number of hydrogen-bond acceptors (Lipinski definition) is 4. The molecule has 0 radical (unpaired) electrons. The number of ether oxygens (including phenoxy) is 2. The first kappa shape index (κ1) is 24.3. The predicted octanol–water partition coefficient (Wildman–Crippen LogP) is 3.75. The van der Waals surface area contributed by atoms with Gasteiger partial charge in [0.15, 0.2) is 5.96 Å². The van der Waals surface area contributed by atoms with Crippen molar-refractivity contribution in [1.29, 1.82) is 0 Å². The van der Waals surface area contributed by atoms with Crippen LogP contribution in [0.25, 0.3) is 0 Å². The molecule has 6 nitrogen and oxygen atoms in total. The van der Waals surface area contributed by atoms with Crippen LogP contribution in [0.2, 0.25) is 0 Å². The first-order chi connectivity index (χ1) is 14.2. The molecule has 3 rings (SSSR count). The summed E-state index contributed by atoms with van der Waals surface area (Å²) in [4.78, 5) is 8.99. The monoisotopic (exact) mass is 524 g/mol. The lowest BCUT2D eigenvalue weighted by Gasteiger charge is -2.31. The molecule has 0 saturated carbocycles. The molecule has 0 atom stereocenters. The van der Waals surface area contributed by atoms with Crippen molar-refractivity contribution in [2.24, 2.45) is 4.99 Å². The fourth-order valence-corrected chi connectivity index (χ4v) is 3.54. The Hall–Kier alpha value is -2.00. The smallest absolute Gasteiger partial charge is 0.193 e.